The van der Waals surface area contributed by atoms with E-state index in [0.29, 0.717) is 0 Å². The molecule has 0 aliphatic rings. The van der Waals surface area contributed by atoms with Crippen LogP contribution in [-0.2, 0) is 7.05 Å². The fourth-order valence-corrected chi connectivity index (χ4v) is 4.14. The highest BCUT2D eigenvalue weighted by atomic mass is 79.9. The average molecular weight is 447 g/mol. The first-order valence-corrected chi connectivity index (χ1v) is 6.98. The number of hydrogen-bond donors (Lipinski definition) is 0. The molecule has 14 heavy (non-hydrogen) atoms. The van der Waals surface area contributed by atoms with Crippen LogP contribution in [0.15, 0.2) is 30.2 Å². The van der Waals surface area contributed by atoms with Gasteiger partial charge in [-0.25, -0.2) is 0 Å². The van der Waals surface area contributed by atoms with Gasteiger partial charge in [0.15, 0.2) is 0 Å². The maximum absolute atomic E-state index is 3.56. The van der Waals surface area contributed by atoms with E-state index in [0.717, 1.165) is 18.0 Å². The molecule has 0 saturated heterocycles. The second-order valence-electron chi connectivity index (χ2n) is 2.95. The first kappa shape index (κ1) is 11.2. The molecule has 2 rings (SSSR count). The SMILES string of the molecule is Cn1c(Br)c(Br)c2c(Br)cc(Br)cc21. The maximum Gasteiger partial charge on any atom is 0.0999 e. The molecule has 0 N–H and O–H groups in total. The van der Waals surface area contributed by atoms with Crippen molar-refractivity contribution < 1.29 is 0 Å². The van der Waals surface area contributed by atoms with Crippen molar-refractivity contribution in [1.82, 2.24) is 4.57 Å². The predicted molar refractivity (Wildman–Crippen MR) is 73.7 cm³/mol. The Morgan fingerprint density at radius 2 is 1.71 bits per heavy atom. The Morgan fingerprint density at radius 1 is 1.07 bits per heavy atom. The predicted octanol–water partition coefficient (Wildman–Crippen LogP) is 5.23. The zero-order chi connectivity index (χ0) is 10.5. The molecule has 0 aliphatic carbocycles. The summed E-state index contributed by atoms with van der Waals surface area (Å²) in [6.07, 6.45) is 0. The second kappa shape index (κ2) is 3.92. The van der Waals surface area contributed by atoms with E-state index in [2.05, 4.69) is 74.4 Å². The molecule has 0 radical (unpaired) electrons. The lowest BCUT2D eigenvalue weighted by atomic mass is 10.2. The molecule has 0 saturated carbocycles. The normalized spacial score (nSPS) is 11.2. The van der Waals surface area contributed by atoms with Gasteiger partial charge in [0.1, 0.15) is 0 Å². The van der Waals surface area contributed by atoms with Gasteiger partial charge in [-0.15, -0.1) is 0 Å². The van der Waals surface area contributed by atoms with Gasteiger partial charge in [-0.3, -0.25) is 0 Å². The summed E-state index contributed by atoms with van der Waals surface area (Å²) in [4.78, 5) is 0. The van der Waals surface area contributed by atoms with Crippen molar-refractivity contribution in [2.45, 2.75) is 0 Å². The Hall–Kier alpha value is 0.680. The van der Waals surface area contributed by atoms with Gasteiger partial charge in [-0.1, -0.05) is 31.9 Å². The van der Waals surface area contributed by atoms with Crippen LogP contribution in [0, 0.1) is 0 Å². The van der Waals surface area contributed by atoms with Gasteiger partial charge in [0, 0.05) is 21.4 Å². The van der Waals surface area contributed by atoms with Gasteiger partial charge >= 0.3 is 0 Å². The smallest absolute Gasteiger partial charge is 0.0999 e. The van der Waals surface area contributed by atoms with Gasteiger partial charge in [0.2, 0.25) is 0 Å². The molecule has 1 nitrogen and oxygen atoms in total. The summed E-state index contributed by atoms with van der Waals surface area (Å²) in [5.41, 5.74) is 1.17. The number of halogens is 4. The minimum absolute atomic E-state index is 1.05. The summed E-state index contributed by atoms with van der Waals surface area (Å²) in [6, 6.07) is 4.13. The van der Waals surface area contributed by atoms with E-state index in [1.807, 2.05) is 13.1 Å². The average Bonchev–Trinajstić information content (AvgIpc) is 2.31. The second-order valence-corrected chi connectivity index (χ2v) is 6.26. The van der Waals surface area contributed by atoms with Crippen LogP contribution in [0.3, 0.4) is 0 Å². The number of nitrogens with zero attached hydrogens (tertiary/aromatic N) is 1. The van der Waals surface area contributed by atoms with Crippen LogP contribution in [-0.4, -0.2) is 4.57 Å². The highest BCUT2D eigenvalue weighted by Gasteiger charge is 2.13. The summed E-state index contributed by atoms with van der Waals surface area (Å²) in [6.45, 7) is 0. The van der Waals surface area contributed by atoms with Crippen molar-refractivity contribution in [2.24, 2.45) is 7.05 Å². The standard InChI is InChI=1S/C9H5Br4N/c1-14-6-3-4(10)2-5(11)7(6)8(12)9(14)13/h2-3H,1H3. The summed E-state index contributed by atoms with van der Waals surface area (Å²) in [7, 11) is 2.02. The number of benzene rings is 1. The Labute approximate surface area is 115 Å². The molecule has 0 fully saturated rings. The molecule has 0 spiro atoms. The van der Waals surface area contributed by atoms with E-state index in [1.54, 1.807) is 0 Å². The Kier molecular flexibility index (Phi) is 3.13. The zero-order valence-electron chi connectivity index (χ0n) is 7.11. The number of aryl methyl sites for hydroxylation is 1. The van der Waals surface area contributed by atoms with E-state index in [1.165, 1.54) is 10.9 Å². The van der Waals surface area contributed by atoms with E-state index < -0.39 is 0 Å². The van der Waals surface area contributed by atoms with Crippen LogP contribution in [0.1, 0.15) is 0 Å². The summed E-state index contributed by atoms with van der Waals surface area (Å²) < 4.78 is 6.36. The fourth-order valence-electron chi connectivity index (χ4n) is 1.40. The lowest BCUT2D eigenvalue weighted by molar-refractivity contribution is 0.937. The monoisotopic (exact) mass is 443 g/mol. The van der Waals surface area contributed by atoms with Crippen LogP contribution in [0.4, 0.5) is 0 Å². The molecule has 0 unspecified atom stereocenters. The fraction of sp³-hybridized carbons (Fsp3) is 0.111. The molecule has 1 heterocycles. The summed E-state index contributed by atoms with van der Waals surface area (Å²) in [5.74, 6) is 0. The van der Waals surface area contributed by atoms with Crippen LogP contribution in [0.25, 0.3) is 10.9 Å². The van der Waals surface area contributed by atoms with Crippen molar-refractivity contribution in [3.8, 4) is 0 Å². The quantitative estimate of drug-likeness (QED) is 0.522. The molecule has 0 aliphatic heterocycles. The van der Waals surface area contributed by atoms with Gasteiger partial charge in [0.05, 0.1) is 14.6 Å². The third-order valence-electron chi connectivity index (χ3n) is 2.09. The molecule has 5 heteroatoms. The molecule has 0 amide bonds. The first-order chi connectivity index (χ1) is 6.52. The number of aromatic nitrogens is 1. The van der Waals surface area contributed by atoms with E-state index >= 15 is 0 Å². The molecule has 1 aromatic heterocycles. The highest BCUT2D eigenvalue weighted by molar-refractivity contribution is 9.13. The van der Waals surface area contributed by atoms with Crippen molar-refractivity contribution in [3.63, 3.8) is 0 Å². The molecule has 2 aromatic rings. The number of fused-ring (bicyclic) bond motifs is 1. The van der Waals surface area contributed by atoms with Crippen molar-refractivity contribution in [1.29, 1.82) is 0 Å². The highest BCUT2D eigenvalue weighted by Crippen LogP contribution is 2.39. The Balaban J connectivity index is 3.02. The molecule has 74 valence electrons. The molecule has 1 aromatic carbocycles. The van der Waals surface area contributed by atoms with Gasteiger partial charge in [-0.2, -0.15) is 0 Å². The van der Waals surface area contributed by atoms with Crippen molar-refractivity contribution in [3.05, 3.63) is 30.2 Å². The molecular formula is C9H5Br4N. The van der Waals surface area contributed by atoms with Crippen molar-refractivity contribution in [2.75, 3.05) is 0 Å². The zero-order valence-corrected chi connectivity index (χ0v) is 13.5. The van der Waals surface area contributed by atoms with Crippen LogP contribution in [0.2, 0.25) is 0 Å². The number of rotatable bonds is 0. The van der Waals surface area contributed by atoms with Crippen LogP contribution < -0.4 is 0 Å². The van der Waals surface area contributed by atoms with E-state index in [4.69, 9.17) is 0 Å². The molecule has 0 atom stereocenters. The third kappa shape index (κ3) is 1.62. The van der Waals surface area contributed by atoms with E-state index in [-0.39, 0.29) is 0 Å². The lowest BCUT2D eigenvalue weighted by Gasteiger charge is -1.99. The summed E-state index contributed by atoms with van der Waals surface area (Å²) >= 11 is 14.1. The number of hydrogen-bond acceptors (Lipinski definition) is 0. The Morgan fingerprint density at radius 3 is 2.36 bits per heavy atom. The van der Waals surface area contributed by atoms with Crippen LogP contribution in [0.5, 0.6) is 0 Å². The molecule has 0 bridgehead atoms. The van der Waals surface area contributed by atoms with Crippen molar-refractivity contribution >= 4 is 74.6 Å². The van der Waals surface area contributed by atoms with Gasteiger partial charge in [-0.05, 0) is 44.0 Å². The van der Waals surface area contributed by atoms with Gasteiger partial charge in [0.25, 0.3) is 0 Å². The molecular weight excluding hydrogens is 442 g/mol. The third-order valence-corrected chi connectivity index (χ3v) is 5.41. The first-order valence-electron chi connectivity index (χ1n) is 3.81. The summed E-state index contributed by atoms with van der Waals surface area (Å²) in [5, 5.41) is 1.18. The largest absolute Gasteiger partial charge is 0.337 e. The Bertz CT molecular complexity index is 515. The van der Waals surface area contributed by atoms with Gasteiger partial charge < -0.3 is 4.57 Å². The minimum atomic E-state index is 1.05. The minimum Gasteiger partial charge on any atom is -0.337 e. The maximum atomic E-state index is 3.56. The van der Waals surface area contributed by atoms with E-state index in [9.17, 15) is 0 Å². The topological polar surface area (TPSA) is 4.93 Å². The van der Waals surface area contributed by atoms with Crippen LogP contribution >= 0.6 is 63.7 Å². The lowest BCUT2D eigenvalue weighted by Crippen LogP contribution is -1.86.